The Balaban J connectivity index is 1.51. The molecule has 0 atom stereocenters. The van der Waals surface area contributed by atoms with Gasteiger partial charge in [0.15, 0.2) is 0 Å². The summed E-state index contributed by atoms with van der Waals surface area (Å²) in [5.41, 5.74) is 6.18. The second kappa shape index (κ2) is 11.9. The first-order valence-electron chi connectivity index (χ1n) is 14.3. The molecule has 0 fully saturated rings. The van der Waals surface area contributed by atoms with Crippen LogP contribution in [-0.4, -0.2) is 28.1 Å². The lowest BCUT2D eigenvalue weighted by atomic mass is 9.96. The van der Waals surface area contributed by atoms with Gasteiger partial charge in [0, 0.05) is 5.56 Å². The minimum atomic E-state index is -1.22. The van der Waals surface area contributed by atoms with Crippen LogP contribution in [0.3, 0.4) is 0 Å². The number of carbonyl (C=O) groups is 2. The summed E-state index contributed by atoms with van der Waals surface area (Å²) in [6, 6.07) is 31.0. The maximum Gasteiger partial charge on any atom is 0.341 e. The third kappa shape index (κ3) is 5.14. The van der Waals surface area contributed by atoms with Crippen molar-refractivity contribution in [3.8, 4) is 22.6 Å². The molecule has 43 heavy (non-hydrogen) atoms. The number of nitrogens with zero attached hydrogens (tertiary/aromatic N) is 1. The molecule has 7 nitrogen and oxygen atoms in total. The minimum absolute atomic E-state index is 0.0224. The predicted molar refractivity (Wildman–Crippen MR) is 165 cm³/mol. The van der Waals surface area contributed by atoms with E-state index in [0.29, 0.717) is 35.6 Å². The van der Waals surface area contributed by atoms with Crippen molar-refractivity contribution in [1.29, 1.82) is 0 Å². The van der Waals surface area contributed by atoms with E-state index in [4.69, 9.17) is 14.2 Å². The summed E-state index contributed by atoms with van der Waals surface area (Å²) in [5.74, 6) is -0.827. The van der Waals surface area contributed by atoms with E-state index in [1.165, 1.54) is 0 Å². The van der Waals surface area contributed by atoms with Crippen LogP contribution in [0.15, 0.2) is 97.1 Å². The molecular weight excluding hydrogens is 542 g/mol. The molecule has 0 saturated heterocycles. The van der Waals surface area contributed by atoms with Crippen molar-refractivity contribution >= 4 is 28.5 Å². The number of aromatic nitrogens is 1. The summed E-state index contributed by atoms with van der Waals surface area (Å²) in [4.78, 5) is 26.3. The van der Waals surface area contributed by atoms with Crippen LogP contribution in [0.1, 0.15) is 51.3 Å². The quantitative estimate of drug-likeness (QED) is 0.159. The summed E-state index contributed by atoms with van der Waals surface area (Å²) in [6.07, 6.45) is 0.660. The Labute approximate surface area is 249 Å². The molecule has 3 aromatic carbocycles. The van der Waals surface area contributed by atoms with Gasteiger partial charge in [0.1, 0.15) is 41.4 Å². The highest BCUT2D eigenvalue weighted by Crippen LogP contribution is 2.44. The number of rotatable bonds is 11. The first-order valence-corrected chi connectivity index (χ1v) is 14.3. The topological polar surface area (TPSA) is 86.5 Å². The van der Waals surface area contributed by atoms with Crippen molar-refractivity contribution in [1.82, 2.24) is 4.40 Å². The van der Waals surface area contributed by atoms with Gasteiger partial charge >= 0.3 is 11.9 Å². The normalized spacial score (nSPS) is 11.2. The summed E-state index contributed by atoms with van der Waals surface area (Å²) in [7, 11) is 0. The highest BCUT2D eigenvalue weighted by atomic mass is 16.5. The largest absolute Gasteiger partial charge is 0.489 e. The number of benzene rings is 3. The van der Waals surface area contributed by atoms with Crippen LogP contribution in [-0.2, 0) is 24.4 Å². The number of aromatic carboxylic acids is 1. The molecule has 0 spiro atoms. The summed E-state index contributed by atoms with van der Waals surface area (Å²) < 4.78 is 19.5. The number of esters is 1. The van der Waals surface area contributed by atoms with Crippen LogP contribution in [0.4, 0.5) is 0 Å². The van der Waals surface area contributed by atoms with E-state index in [0.717, 1.165) is 33.3 Å². The lowest BCUT2D eigenvalue weighted by Gasteiger charge is -2.11. The fraction of sp³-hybridized carbons (Fsp3) is 0.167. The number of pyridine rings is 1. The molecule has 0 unspecified atom stereocenters. The monoisotopic (exact) mass is 573 g/mol. The van der Waals surface area contributed by atoms with Gasteiger partial charge in [0.05, 0.1) is 17.6 Å². The van der Waals surface area contributed by atoms with Gasteiger partial charge in [-0.25, -0.2) is 9.59 Å². The number of carbonyl (C=O) groups excluding carboxylic acids is 1. The molecule has 0 saturated carbocycles. The van der Waals surface area contributed by atoms with Crippen LogP contribution in [0.2, 0.25) is 0 Å². The van der Waals surface area contributed by atoms with Crippen LogP contribution in [0, 0.1) is 0 Å². The SMILES string of the molecule is CCOC(=O)c1c(C(=O)O)c2c(OCc3ccccc3)ccc3c(CC)c(-c4ccc(OCc5ccccc5)cc4)c1n32. The van der Waals surface area contributed by atoms with E-state index in [1.54, 1.807) is 13.0 Å². The lowest BCUT2D eigenvalue weighted by Crippen LogP contribution is -2.10. The maximum absolute atomic E-state index is 13.5. The molecule has 7 heteroatoms. The number of carboxylic acid groups (broad SMARTS) is 1. The molecule has 0 aliphatic carbocycles. The number of aryl methyl sites for hydroxylation is 1. The average molecular weight is 574 g/mol. The van der Waals surface area contributed by atoms with Gasteiger partial charge in [-0.15, -0.1) is 0 Å². The number of carboxylic acids is 1. The van der Waals surface area contributed by atoms with Crippen molar-refractivity contribution in [3.63, 3.8) is 0 Å². The first kappa shape index (κ1) is 27.8. The van der Waals surface area contributed by atoms with Crippen molar-refractivity contribution in [2.45, 2.75) is 33.5 Å². The van der Waals surface area contributed by atoms with Gasteiger partial charge in [-0.1, -0.05) is 79.7 Å². The molecule has 0 bridgehead atoms. The van der Waals surface area contributed by atoms with Crippen molar-refractivity contribution < 1.29 is 28.9 Å². The molecule has 6 aromatic rings. The number of hydrogen-bond acceptors (Lipinski definition) is 5. The van der Waals surface area contributed by atoms with Crippen LogP contribution >= 0.6 is 0 Å². The summed E-state index contributed by atoms with van der Waals surface area (Å²) in [5, 5.41) is 10.5. The molecule has 0 aliphatic rings. The van der Waals surface area contributed by atoms with Crippen molar-refractivity contribution in [2.24, 2.45) is 0 Å². The standard InChI is InChI=1S/C36H31NO6/c1-3-27-28-19-20-29(43-22-24-13-9-6-10-14-24)33-31(35(38)39)32(36(40)41-4-2)34(37(28)33)30(27)25-15-17-26(18-16-25)42-21-23-11-7-5-8-12-23/h5-20H,3-4,21-22H2,1-2H3,(H,38,39). The van der Waals surface area contributed by atoms with Gasteiger partial charge < -0.3 is 23.7 Å². The Hall–Kier alpha value is -5.30. The van der Waals surface area contributed by atoms with Gasteiger partial charge in [-0.2, -0.15) is 0 Å². The third-order valence-electron chi connectivity index (χ3n) is 7.56. The van der Waals surface area contributed by atoms with E-state index < -0.39 is 11.9 Å². The molecule has 0 amide bonds. The highest BCUT2D eigenvalue weighted by Gasteiger charge is 2.34. The Morgan fingerprint density at radius 1 is 0.721 bits per heavy atom. The maximum atomic E-state index is 13.5. The first-order chi connectivity index (χ1) is 21.0. The second-order valence-electron chi connectivity index (χ2n) is 10.2. The average Bonchev–Trinajstić information content (AvgIpc) is 3.56. The lowest BCUT2D eigenvalue weighted by molar-refractivity contribution is 0.0518. The smallest absolute Gasteiger partial charge is 0.341 e. The highest BCUT2D eigenvalue weighted by molar-refractivity contribution is 6.18. The zero-order chi connectivity index (χ0) is 29.9. The number of ether oxygens (including phenoxy) is 3. The number of hydrogen-bond donors (Lipinski definition) is 1. The third-order valence-corrected chi connectivity index (χ3v) is 7.56. The van der Waals surface area contributed by atoms with E-state index >= 15 is 0 Å². The zero-order valence-corrected chi connectivity index (χ0v) is 24.0. The minimum Gasteiger partial charge on any atom is -0.489 e. The van der Waals surface area contributed by atoms with E-state index in [2.05, 4.69) is 0 Å². The van der Waals surface area contributed by atoms with Gasteiger partial charge in [0.25, 0.3) is 0 Å². The van der Waals surface area contributed by atoms with E-state index in [9.17, 15) is 14.7 Å². The van der Waals surface area contributed by atoms with Gasteiger partial charge in [-0.05, 0) is 59.9 Å². The molecule has 0 aliphatic heterocycles. The van der Waals surface area contributed by atoms with Crippen LogP contribution in [0.5, 0.6) is 11.5 Å². The van der Waals surface area contributed by atoms with Crippen LogP contribution < -0.4 is 9.47 Å². The Morgan fingerprint density at radius 2 is 1.35 bits per heavy atom. The molecule has 6 rings (SSSR count). The fourth-order valence-corrected chi connectivity index (χ4v) is 5.69. The molecule has 3 aromatic heterocycles. The van der Waals surface area contributed by atoms with Crippen molar-refractivity contribution in [2.75, 3.05) is 6.61 Å². The van der Waals surface area contributed by atoms with Gasteiger partial charge in [0.2, 0.25) is 0 Å². The molecule has 216 valence electrons. The summed E-state index contributed by atoms with van der Waals surface area (Å²) >= 11 is 0. The molecule has 1 N–H and O–H groups in total. The fourth-order valence-electron chi connectivity index (χ4n) is 5.69. The summed E-state index contributed by atoms with van der Waals surface area (Å²) in [6.45, 7) is 4.55. The molecular formula is C36H31NO6. The molecule has 3 heterocycles. The van der Waals surface area contributed by atoms with Crippen LogP contribution in [0.25, 0.3) is 27.7 Å². The Bertz CT molecular complexity index is 1890. The van der Waals surface area contributed by atoms with Gasteiger partial charge in [-0.3, -0.25) is 0 Å². The zero-order valence-electron chi connectivity index (χ0n) is 24.0. The van der Waals surface area contributed by atoms with E-state index in [1.807, 2.05) is 102 Å². The second-order valence-corrected chi connectivity index (χ2v) is 10.2. The predicted octanol–water partition coefficient (Wildman–Crippen LogP) is 7.79. The van der Waals surface area contributed by atoms with E-state index in [-0.39, 0.29) is 24.3 Å². The van der Waals surface area contributed by atoms with Crippen molar-refractivity contribution in [3.05, 3.63) is 125 Å². The molecule has 0 radical (unpaired) electrons. The Kier molecular flexibility index (Phi) is 7.71. The Morgan fingerprint density at radius 3 is 1.93 bits per heavy atom.